The maximum atomic E-state index is 12.0. The van der Waals surface area contributed by atoms with Crippen LogP contribution in [0.15, 0.2) is 16.9 Å². The van der Waals surface area contributed by atoms with Crippen molar-refractivity contribution >= 4 is 0 Å². The van der Waals surface area contributed by atoms with Crippen LogP contribution in [-0.2, 0) is 17.7 Å². The van der Waals surface area contributed by atoms with E-state index in [1.807, 2.05) is 10.6 Å². The van der Waals surface area contributed by atoms with Gasteiger partial charge in [-0.3, -0.25) is 4.79 Å². The lowest BCUT2D eigenvalue weighted by molar-refractivity contribution is 0.191. The second kappa shape index (κ2) is 6.16. The summed E-state index contributed by atoms with van der Waals surface area (Å²) in [5.74, 6) is 0. The average molecular weight is 250 g/mol. The molecule has 4 nitrogen and oxygen atoms in total. The summed E-state index contributed by atoms with van der Waals surface area (Å²) in [5.41, 5.74) is 8.52. The van der Waals surface area contributed by atoms with Crippen molar-refractivity contribution in [2.75, 3.05) is 13.7 Å². The van der Waals surface area contributed by atoms with Crippen molar-refractivity contribution in [3.05, 3.63) is 33.7 Å². The number of fused-ring (bicyclic) bond motifs is 1. The van der Waals surface area contributed by atoms with Gasteiger partial charge in [-0.1, -0.05) is 6.07 Å². The highest BCUT2D eigenvalue weighted by Gasteiger charge is 2.19. The lowest BCUT2D eigenvalue weighted by Gasteiger charge is -2.25. The highest BCUT2D eigenvalue weighted by Crippen LogP contribution is 2.26. The molecule has 0 spiro atoms. The zero-order valence-corrected chi connectivity index (χ0v) is 11.0. The minimum absolute atomic E-state index is 0.0968. The Morgan fingerprint density at radius 2 is 2.28 bits per heavy atom. The Morgan fingerprint density at radius 3 is 3.06 bits per heavy atom. The smallest absolute Gasteiger partial charge is 0.250 e. The van der Waals surface area contributed by atoms with Crippen molar-refractivity contribution in [1.29, 1.82) is 0 Å². The first-order chi connectivity index (χ1) is 8.74. The Morgan fingerprint density at radius 1 is 1.44 bits per heavy atom. The molecule has 0 bridgehead atoms. The summed E-state index contributed by atoms with van der Waals surface area (Å²) in [5, 5.41) is 0. The van der Waals surface area contributed by atoms with Crippen molar-refractivity contribution < 1.29 is 4.74 Å². The topological polar surface area (TPSA) is 57.2 Å². The molecule has 1 atom stereocenters. The van der Waals surface area contributed by atoms with Gasteiger partial charge in [-0.15, -0.1) is 0 Å². The van der Waals surface area contributed by atoms with Crippen molar-refractivity contribution in [2.45, 2.75) is 44.7 Å². The molecule has 1 aromatic rings. The fourth-order valence-corrected chi connectivity index (χ4v) is 2.66. The number of unbranched alkanes of at least 4 members (excludes halogenated alkanes) is 1. The number of nitrogens with zero attached hydrogens (tertiary/aromatic N) is 1. The van der Waals surface area contributed by atoms with E-state index in [0.29, 0.717) is 0 Å². The Bertz CT molecular complexity index is 454. The fourth-order valence-electron chi connectivity index (χ4n) is 2.66. The highest BCUT2D eigenvalue weighted by atomic mass is 16.5. The summed E-state index contributed by atoms with van der Waals surface area (Å²) in [6.45, 7) is 1.53. The monoisotopic (exact) mass is 250 g/mol. The molecule has 1 aliphatic carbocycles. The number of nitrogens with two attached hydrogens (primary N) is 1. The molecule has 2 rings (SSSR count). The minimum atomic E-state index is 0.0968. The predicted molar refractivity (Wildman–Crippen MR) is 71.7 cm³/mol. The van der Waals surface area contributed by atoms with Crippen LogP contribution in [0.2, 0.25) is 0 Å². The standard InChI is InChI=1S/C14H22N2O2/c1-18-10-3-2-9-16-13-6-4-5-12(15)11(13)7-8-14(16)17/h7-8,12H,2-6,9-10,15H2,1H3. The zero-order valence-electron chi connectivity index (χ0n) is 11.0. The van der Waals surface area contributed by atoms with Crippen LogP contribution >= 0.6 is 0 Å². The number of hydrogen-bond acceptors (Lipinski definition) is 3. The van der Waals surface area contributed by atoms with E-state index in [2.05, 4.69) is 0 Å². The highest BCUT2D eigenvalue weighted by molar-refractivity contribution is 5.27. The predicted octanol–water partition coefficient (Wildman–Crippen LogP) is 1.61. The summed E-state index contributed by atoms with van der Waals surface area (Å²) >= 11 is 0. The summed E-state index contributed by atoms with van der Waals surface area (Å²) < 4.78 is 6.94. The maximum absolute atomic E-state index is 12.0. The van der Waals surface area contributed by atoms with E-state index in [9.17, 15) is 4.79 Å². The lowest BCUT2D eigenvalue weighted by Crippen LogP contribution is -2.29. The first-order valence-electron chi connectivity index (χ1n) is 6.71. The van der Waals surface area contributed by atoms with Crippen LogP contribution in [0.3, 0.4) is 0 Å². The quantitative estimate of drug-likeness (QED) is 0.808. The van der Waals surface area contributed by atoms with Crippen molar-refractivity contribution in [1.82, 2.24) is 4.57 Å². The SMILES string of the molecule is COCCCCn1c2c(ccc1=O)C(N)CCC2. The molecule has 1 aliphatic rings. The molecular formula is C14H22N2O2. The third-order valence-electron chi connectivity index (χ3n) is 3.64. The Hall–Kier alpha value is -1.13. The van der Waals surface area contributed by atoms with Gasteiger partial charge in [0.1, 0.15) is 0 Å². The average Bonchev–Trinajstić information content (AvgIpc) is 2.37. The zero-order chi connectivity index (χ0) is 13.0. The molecular weight excluding hydrogens is 228 g/mol. The van der Waals surface area contributed by atoms with Gasteiger partial charge in [-0.25, -0.2) is 0 Å². The van der Waals surface area contributed by atoms with Crippen LogP contribution in [0.5, 0.6) is 0 Å². The van der Waals surface area contributed by atoms with Gasteiger partial charge in [0, 0.05) is 38.1 Å². The second-order valence-corrected chi connectivity index (χ2v) is 4.92. The van der Waals surface area contributed by atoms with Gasteiger partial charge in [0.25, 0.3) is 5.56 Å². The third-order valence-corrected chi connectivity index (χ3v) is 3.64. The number of methoxy groups -OCH3 is 1. The van der Waals surface area contributed by atoms with Crippen LogP contribution < -0.4 is 11.3 Å². The number of rotatable bonds is 5. The minimum Gasteiger partial charge on any atom is -0.385 e. The van der Waals surface area contributed by atoms with E-state index in [1.54, 1.807) is 13.2 Å². The van der Waals surface area contributed by atoms with Crippen molar-refractivity contribution in [3.63, 3.8) is 0 Å². The van der Waals surface area contributed by atoms with Crippen LogP contribution in [0.25, 0.3) is 0 Å². The molecule has 0 saturated carbocycles. The van der Waals surface area contributed by atoms with E-state index in [-0.39, 0.29) is 11.6 Å². The van der Waals surface area contributed by atoms with Crippen molar-refractivity contribution in [3.8, 4) is 0 Å². The Balaban J connectivity index is 2.18. The summed E-state index contributed by atoms with van der Waals surface area (Å²) in [6.07, 6.45) is 5.03. The molecule has 100 valence electrons. The second-order valence-electron chi connectivity index (χ2n) is 4.92. The van der Waals surface area contributed by atoms with Gasteiger partial charge in [-0.2, -0.15) is 0 Å². The van der Waals surface area contributed by atoms with E-state index < -0.39 is 0 Å². The third kappa shape index (κ3) is 2.82. The van der Waals surface area contributed by atoms with Crippen LogP contribution in [0.4, 0.5) is 0 Å². The first kappa shape index (κ1) is 13.3. The number of aromatic nitrogens is 1. The van der Waals surface area contributed by atoms with Gasteiger partial charge in [-0.05, 0) is 37.7 Å². The molecule has 0 saturated heterocycles. The Kier molecular flexibility index (Phi) is 4.55. The van der Waals surface area contributed by atoms with E-state index in [4.69, 9.17) is 10.5 Å². The van der Waals surface area contributed by atoms with Crippen LogP contribution in [0, 0.1) is 0 Å². The van der Waals surface area contributed by atoms with Gasteiger partial charge in [0.2, 0.25) is 0 Å². The number of pyridine rings is 1. The molecule has 1 heterocycles. The summed E-state index contributed by atoms with van der Waals surface area (Å²) in [6, 6.07) is 3.66. The molecule has 4 heteroatoms. The molecule has 1 aromatic heterocycles. The van der Waals surface area contributed by atoms with Gasteiger partial charge in [0.15, 0.2) is 0 Å². The molecule has 0 amide bonds. The van der Waals surface area contributed by atoms with E-state index in [0.717, 1.165) is 56.5 Å². The normalized spacial score (nSPS) is 18.7. The summed E-state index contributed by atoms with van der Waals surface area (Å²) in [7, 11) is 1.70. The molecule has 2 N–H and O–H groups in total. The number of ether oxygens (including phenoxy) is 1. The largest absolute Gasteiger partial charge is 0.385 e. The molecule has 1 unspecified atom stereocenters. The van der Waals surface area contributed by atoms with E-state index in [1.165, 1.54) is 0 Å². The maximum Gasteiger partial charge on any atom is 0.250 e. The first-order valence-corrected chi connectivity index (χ1v) is 6.71. The van der Waals surface area contributed by atoms with Gasteiger partial charge >= 0.3 is 0 Å². The van der Waals surface area contributed by atoms with Gasteiger partial charge in [0.05, 0.1) is 0 Å². The van der Waals surface area contributed by atoms with E-state index >= 15 is 0 Å². The van der Waals surface area contributed by atoms with Crippen LogP contribution in [-0.4, -0.2) is 18.3 Å². The molecule has 0 aliphatic heterocycles. The molecule has 0 fully saturated rings. The Labute approximate surface area is 108 Å². The number of hydrogen-bond donors (Lipinski definition) is 1. The van der Waals surface area contributed by atoms with Crippen molar-refractivity contribution in [2.24, 2.45) is 5.73 Å². The van der Waals surface area contributed by atoms with Gasteiger partial charge < -0.3 is 15.0 Å². The fraction of sp³-hybridized carbons (Fsp3) is 0.643. The lowest BCUT2D eigenvalue weighted by atomic mass is 9.91. The molecule has 0 radical (unpaired) electrons. The molecule has 0 aromatic carbocycles. The van der Waals surface area contributed by atoms with Crippen LogP contribution in [0.1, 0.15) is 43.0 Å². The summed E-state index contributed by atoms with van der Waals surface area (Å²) in [4.78, 5) is 12.0. The molecule has 18 heavy (non-hydrogen) atoms.